The lowest BCUT2D eigenvalue weighted by Crippen LogP contribution is -2.58. The maximum absolute atomic E-state index is 12.4. The summed E-state index contributed by atoms with van der Waals surface area (Å²) in [5.74, 6) is 2.04. The molecule has 0 heterocycles. The Bertz CT molecular complexity index is 757. The molecule has 0 aromatic carbocycles. The molecule has 6 heteroatoms. The molecule has 10 atom stereocenters. The van der Waals surface area contributed by atoms with Gasteiger partial charge in [-0.15, -0.1) is 0 Å². The van der Waals surface area contributed by atoms with Gasteiger partial charge in [0.15, 0.2) is 0 Å². The van der Waals surface area contributed by atoms with E-state index in [0.29, 0.717) is 36.0 Å². The van der Waals surface area contributed by atoms with Crippen molar-refractivity contribution in [2.75, 3.05) is 13.6 Å². The van der Waals surface area contributed by atoms with Crippen molar-refractivity contribution in [3.8, 4) is 0 Å². The van der Waals surface area contributed by atoms with E-state index >= 15 is 0 Å². The SMILES string of the molecule is CC(CCC(=O)N(C)CC(=O)O)C1CC[C@H]2[C@@H]3C[C@H](O)[C@@H]4C[C@H](O)CC[C@]4(C)[C@H]3CC[C@]12C. The molecule has 3 N–H and O–H groups in total. The minimum Gasteiger partial charge on any atom is -0.480 e. The zero-order valence-electron chi connectivity index (χ0n) is 21.0. The molecule has 0 radical (unpaired) electrons. The van der Waals surface area contributed by atoms with Crippen molar-refractivity contribution in [2.24, 2.45) is 46.3 Å². The summed E-state index contributed by atoms with van der Waals surface area (Å²) in [6.07, 6.45) is 9.07. The van der Waals surface area contributed by atoms with Crippen molar-refractivity contribution in [1.82, 2.24) is 4.90 Å². The zero-order chi connectivity index (χ0) is 24.1. The van der Waals surface area contributed by atoms with E-state index in [4.69, 9.17) is 5.11 Å². The molecular weight excluding hydrogens is 418 g/mol. The number of carboxylic acids is 1. The second kappa shape index (κ2) is 9.14. The summed E-state index contributed by atoms with van der Waals surface area (Å²) >= 11 is 0. The van der Waals surface area contributed by atoms with E-state index in [9.17, 15) is 19.8 Å². The molecule has 0 spiro atoms. The molecule has 4 aliphatic rings. The third-order valence-electron chi connectivity index (χ3n) is 11.0. The average molecular weight is 464 g/mol. The van der Waals surface area contributed by atoms with Crippen LogP contribution >= 0.6 is 0 Å². The minimum absolute atomic E-state index is 0.0819. The second-order valence-electron chi connectivity index (χ2n) is 12.6. The van der Waals surface area contributed by atoms with E-state index in [1.165, 1.54) is 30.6 Å². The van der Waals surface area contributed by atoms with Crippen LogP contribution in [0.4, 0.5) is 0 Å². The van der Waals surface area contributed by atoms with Crippen LogP contribution in [0.25, 0.3) is 0 Å². The van der Waals surface area contributed by atoms with Gasteiger partial charge in [0.2, 0.25) is 5.91 Å². The summed E-state index contributed by atoms with van der Waals surface area (Å²) < 4.78 is 0. The smallest absolute Gasteiger partial charge is 0.323 e. The Morgan fingerprint density at radius 3 is 2.33 bits per heavy atom. The summed E-state index contributed by atoms with van der Waals surface area (Å²) in [6.45, 7) is 6.93. The van der Waals surface area contributed by atoms with Gasteiger partial charge in [-0.25, -0.2) is 0 Å². The summed E-state index contributed by atoms with van der Waals surface area (Å²) in [4.78, 5) is 24.6. The Hall–Kier alpha value is -1.14. The highest BCUT2D eigenvalue weighted by Crippen LogP contribution is 2.68. The van der Waals surface area contributed by atoms with Gasteiger partial charge in [-0.1, -0.05) is 20.8 Å². The van der Waals surface area contributed by atoms with Crippen LogP contribution in [0, 0.1) is 46.3 Å². The van der Waals surface area contributed by atoms with Crippen LogP contribution in [0.2, 0.25) is 0 Å². The Balaban J connectivity index is 1.43. The van der Waals surface area contributed by atoms with Gasteiger partial charge < -0.3 is 20.2 Å². The Kier molecular flexibility index (Phi) is 6.92. The van der Waals surface area contributed by atoms with Crippen molar-refractivity contribution in [3.63, 3.8) is 0 Å². The van der Waals surface area contributed by atoms with Crippen molar-refractivity contribution in [1.29, 1.82) is 0 Å². The number of amides is 1. The molecule has 0 aromatic heterocycles. The van der Waals surface area contributed by atoms with E-state index in [2.05, 4.69) is 20.8 Å². The number of carbonyl (C=O) groups is 2. The summed E-state index contributed by atoms with van der Waals surface area (Å²) in [6, 6.07) is 0. The van der Waals surface area contributed by atoms with Gasteiger partial charge in [-0.3, -0.25) is 9.59 Å². The monoisotopic (exact) mass is 463 g/mol. The van der Waals surface area contributed by atoms with Crippen molar-refractivity contribution < 1.29 is 24.9 Å². The largest absolute Gasteiger partial charge is 0.480 e. The van der Waals surface area contributed by atoms with E-state index in [0.717, 1.165) is 32.1 Å². The highest BCUT2D eigenvalue weighted by molar-refractivity contribution is 5.80. The van der Waals surface area contributed by atoms with Crippen LogP contribution in [0.1, 0.15) is 85.0 Å². The third kappa shape index (κ3) is 4.35. The Labute approximate surface area is 199 Å². The minimum atomic E-state index is -0.972. The van der Waals surface area contributed by atoms with E-state index in [-0.39, 0.29) is 41.4 Å². The number of nitrogens with zero attached hydrogens (tertiary/aromatic N) is 1. The molecule has 6 nitrogen and oxygen atoms in total. The number of aliphatic hydroxyl groups excluding tert-OH is 2. The fraction of sp³-hybridized carbons (Fsp3) is 0.926. The van der Waals surface area contributed by atoms with Gasteiger partial charge in [-0.2, -0.15) is 0 Å². The van der Waals surface area contributed by atoms with Gasteiger partial charge in [0.1, 0.15) is 6.54 Å². The number of aliphatic carboxylic acids is 1. The van der Waals surface area contributed by atoms with Crippen LogP contribution in [-0.2, 0) is 9.59 Å². The predicted octanol–water partition coefficient (Wildman–Crippen LogP) is 3.94. The lowest BCUT2D eigenvalue weighted by atomic mass is 9.44. The standard InChI is InChI=1S/C27H45NO5/c1-16(5-8-24(31)28(4)15-25(32)33)19-6-7-20-18-14-23(30)22-13-17(29)9-11-27(22,3)21(18)10-12-26(19,20)2/h16-23,29-30H,5-15H2,1-4H3,(H,32,33)/t16?,17-,18+,19?,20+,21+,22+,23+,26-,27-/m1/s1. The fourth-order valence-corrected chi connectivity index (χ4v) is 9.29. The first kappa shape index (κ1) is 25.0. The fourth-order valence-electron chi connectivity index (χ4n) is 9.29. The highest BCUT2D eigenvalue weighted by Gasteiger charge is 2.62. The number of hydrogen-bond acceptors (Lipinski definition) is 4. The molecule has 4 fully saturated rings. The third-order valence-corrected chi connectivity index (χ3v) is 11.0. The molecule has 0 saturated heterocycles. The molecule has 33 heavy (non-hydrogen) atoms. The van der Waals surface area contributed by atoms with E-state index in [1.807, 2.05) is 0 Å². The quantitative estimate of drug-likeness (QED) is 0.554. The molecule has 0 bridgehead atoms. The lowest BCUT2D eigenvalue weighted by Gasteiger charge is -2.62. The maximum Gasteiger partial charge on any atom is 0.323 e. The number of carboxylic acid groups (broad SMARTS) is 1. The number of fused-ring (bicyclic) bond motifs is 5. The Morgan fingerprint density at radius 1 is 0.970 bits per heavy atom. The molecule has 1 amide bonds. The average Bonchev–Trinajstić information content (AvgIpc) is 3.10. The molecule has 2 unspecified atom stereocenters. The van der Waals surface area contributed by atoms with E-state index < -0.39 is 5.97 Å². The van der Waals surface area contributed by atoms with Crippen LogP contribution in [0.5, 0.6) is 0 Å². The molecule has 0 aliphatic heterocycles. The number of rotatable bonds is 6. The van der Waals surface area contributed by atoms with Gasteiger partial charge in [0.25, 0.3) is 0 Å². The number of hydrogen-bond donors (Lipinski definition) is 3. The molecule has 188 valence electrons. The van der Waals surface area contributed by atoms with Crippen molar-refractivity contribution in [2.45, 2.75) is 97.2 Å². The number of aliphatic hydroxyl groups is 2. The van der Waals surface area contributed by atoms with E-state index in [1.54, 1.807) is 7.05 Å². The normalized spacial score (nSPS) is 45.5. The van der Waals surface area contributed by atoms with Gasteiger partial charge >= 0.3 is 5.97 Å². The zero-order valence-corrected chi connectivity index (χ0v) is 21.0. The van der Waals surface area contributed by atoms with Crippen molar-refractivity contribution >= 4 is 11.9 Å². The van der Waals surface area contributed by atoms with Gasteiger partial charge in [0.05, 0.1) is 12.2 Å². The number of likely N-dealkylation sites (N-methyl/N-ethyl adjacent to an activating group) is 1. The number of carbonyl (C=O) groups excluding carboxylic acids is 1. The molecule has 4 rings (SSSR count). The van der Waals surface area contributed by atoms with Gasteiger partial charge in [-0.05, 0) is 104 Å². The lowest BCUT2D eigenvalue weighted by molar-refractivity contribution is -0.172. The first-order valence-electron chi connectivity index (χ1n) is 13.3. The van der Waals surface area contributed by atoms with Crippen LogP contribution in [0.3, 0.4) is 0 Å². The first-order chi connectivity index (χ1) is 15.5. The van der Waals surface area contributed by atoms with Gasteiger partial charge in [0, 0.05) is 13.5 Å². The molecule has 4 saturated carbocycles. The molecule has 0 aromatic rings. The highest BCUT2D eigenvalue weighted by atomic mass is 16.4. The summed E-state index contributed by atoms with van der Waals surface area (Å²) in [5.41, 5.74) is 0.404. The van der Waals surface area contributed by atoms with Crippen LogP contribution < -0.4 is 0 Å². The predicted molar refractivity (Wildman–Crippen MR) is 126 cm³/mol. The van der Waals surface area contributed by atoms with Crippen LogP contribution in [-0.4, -0.2) is 57.9 Å². The maximum atomic E-state index is 12.4. The topological polar surface area (TPSA) is 98.1 Å². The van der Waals surface area contributed by atoms with Crippen LogP contribution in [0.15, 0.2) is 0 Å². The second-order valence-corrected chi connectivity index (χ2v) is 12.6. The molecular formula is C27H45NO5. The summed E-state index contributed by atoms with van der Waals surface area (Å²) in [5, 5.41) is 30.4. The van der Waals surface area contributed by atoms with Crippen molar-refractivity contribution in [3.05, 3.63) is 0 Å². The first-order valence-corrected chi connectivity index (χ1v) is 13.3. The molecule has 4 aliphatic carbocycles. The Morgan fingerprint density at radius 2 is 1.64 bits per heavy atom. The summed E-state index contributed by atoms with van der Waals surface area (Å²) in [7, 11) is 1.57.